The largest absolute Gasteiger partial charge is 1.00 e. The minimum absolute atomic E-state index is 0. The van der Waals surface area contributed by atoms with E-state index < -0.39 is 0 Å². The molecule has 0 aliphatic carbocycles. The molecule has 0 radical (unpaired) electrons. The molecule has 10 heavy (non-hydrogen) atoms. The molecule has 0 aromatic rings. The number of quaternary nitrogens is 1. The van der Waals surface area contributed by atoms with Crippen molar-refractivity contribution in [3.63, 3.8) is 0 Å². The van der Waals surface area contributed by atoms with Crippen LogP contribution in [0.4, 0.5) is 0 Å². The SMILES string of the molecule is CC(C)[C@H](C)[NH3+].O=C=O.[Cl-]. The molecule has 0 aromatic heterocycles. The summed E-state index contributed by atoms with van der Waals surface area (Å²) in [6, 6.07) is 0.602. The van der Waals surface area contributed by atoms with E-state index in [1.54, 1.807) is 0 Å². The van der Waals surface area contributed by atoms with Gasteiger partial charge in [-0.25, -0.2) is 0 Å². The van der Waals surface area contributed by atoms with Crippen LogP contribution >= 0.6 is 0 Å². The monoisotopic (exact) mass is 167 g/mol. The summed E-state index contributed by atoms with van der Waals surface area (Å²) in [5.41, 5.74) is 3.84. The molecule has 0 saturated heterocycles. The van der Waals surface area contributed by atoms with Crippen molar-refractivity contribution in [2.75, 3.05) is 0 Å². The Morgan fingerprint density at radius 3 is 1.30 bits per heavy atom. The van der Waals surface area contributed by atoms with Gasteiger partial charge in [-0.3, -0.25) is 0 Å². The number of carbonyl (C=O) groups excluding carboxylic acids is 2. The molecule has 3 N–H and O–H groups in total. The Morgan fingerprint density at radius 1 is 1.20 bits per heavy atom. The van der Waals surface area contributed by atoms with Crippen molar-refractivity contribution in [2.24, 2.45) is 5.92 Å². The molecule has 0 unspecified atom stereocenters. The molecular formula is C6H14ClNO2. The summed E-state index contributed by atoms with van der Waals surface area (Å²) in [5, 5.41) is 0. The van der Waals surface area contributed by atoms with Crippen LogP contribution in [-0.4, -0.2) is 12.2 Å². The van der Waals surface area contributed by atoms with Gasteiger partial charge in [-0.15, -0.1) is 0 Å². The number of hydrogen-bond acceptors (Lipinski definition) is 2. The molecule has 0 spiro atoms. The summed E-state index contributed by atoms with van der Waals surface area (Å²) in [7, 11) is 0. The lowest BCUT2D eigenvalue weighted by Crippen LogP contribution is -3.00. The van der Waals surface area contributed by atoms with Crippen LogP contribution in [0.3, 0.4) is 0 Å². The van der Waals surface area contributed by atoms with E-state index >= 15 is 0 Å². The van der Waals surface area contributed by atoms with Gasteiger partial charge >= 0.3 is 6.15 Å². The predicted octanol–water partition coefficient (Wildman–Crippen LogP) is -3.31. The first-order valence-corrected chi connectivity index (χ1v) is 2.88. The number of halogens is 1. The fourth-order valence-electron chi connectivity index (χ4n) is 0. The zero-order valence-corrected chi connectivity index (χ0v) is 7.31. The van der Waals surface area contributed by atoms with Crippen LogP contribution in [0.5, 0.6) is 0 Å². The maximum absolute atomic E-state index is 8.12. The van der Waals surface area contributed by atoms with Gasteiger partial charge in [0, 0.05) is 5.92 Å². The standard InChI is InChI=1S/C5H13N.CO2.ClH/c1-4(2)5(3)6;2-1-3;/h4-5H,6H2,1-3H3;;1H/t5-;;/m0../s1. The molecule has 0 rings (SSSR count). The first-order chi connectivity index (χ1) is 4.06. The molecule has 4 heteroatoms. The lowest BCUT2D eigenvalue weighted by molar-refractivity contribution is -0.424. The minimum Gasteiger partial charge on any atom is -1.00 e. The predicted molar refractivity (Wildman–Crippen MR) is 32.2 cm³/mol. The molecule has 0 aliphatic heterocycles. The maximum Gasteiger partial charge on any atom is 0.373 e. The van der Waals surface area contributed by atoms with Crippen LogP contribution in [-0.2, 0) is 9.59 Å². The molecule has 0 heterocycles. The van der Waals surface area contributed by atoms with Crippen LogP contribution in [0, 0.1) is 5.92 Å². The molecule has 0 amide bonds. The molecular weight excluding hydrogens is 154 g/mol. The van der Waals surface area contributed by atoms with Gasteiger partial charge in [0.2, 0.25) is 0 Å². The van der Waals surface area contributed by atoms with Crippen molar-refractivity contribution in [3.05, 3.63) is 0 Å². The minimum atomic E-state index is 0. The van der Waals surface area contributed by atoms with Gasteiger partial charge in [0.15, 0.2) is 0 Å². The normalized spacial score (nSPS) is 10.1. The molecule has 0 saturated carbocycles. The van der Waals surface area contributed by atoms with Crippen molar-refractivity contribution in [3.8, 4) is 0 Å². The van der Waals surface area contributed by atoms with Crippen LogP contribution in [0.2, 0.25) is 0 Å². The Morgan fingerprint density at radius 2 is 1.30 bits per heavy atom. The second-order valence-corrected chi connectivity index (χ2v) is 2.30. The average molecular weight is 168 g/mol. The third-order valence-corrected chi connectivity index (χ3v) is 1.14. The third kappa shape index (κ3) is 25.5. The summed E-state index contributed by atoms with van der Waals surface area (Å²) >= 11 is 0. The van der Waals surface area contributed by atoms with E-state index in [1.807, 2.05) is 0 Å². The molecule has 0 bridgehead atoms. The van der Waals surface area contributed by atoms with E-state index in [4.69, 9.17) is 9.59 Å². The summed E-state index contributed by atoms with van der Waals surface area (Å²) in [5.74, 6) is 0.741. The Bertz CT molecular complexity index is 81.7. The van der Waals surface area contributed by atoms with E-state index in [0.29, 0.717) is 6.04 Å². The van der Waals surface area contributed by atoms with Crippen LogP contribution in [0.15, 0.2) is 0 Å². The number of hydrogen-bond donors (Lipinski definition) is 1. The van der Waals surface area contributed by atoms with Gasteiger partial charge in [0.25, 0.3) is 0 Å². The first kappa shape index (κ1) is 16.3. The highest BCUT2D eigenvalue weighted by Crippen LogP contribution is 1.91. The Labute approximate surface area is 67.4 Å². The van der Waals surface area contributed by atoms with Gasteiger partial charge in [-0.2, -0.15) is 9.59 Å². The topological polar surface area (TPSA) is 61.8 Å². The van der Waals surface area contributed by atoms with E-state index in [2.05, 4.69) is 26.5 Å². The zero-order valence-electron chi connectivity index (χ0n) is 6.56. The average Bonchev–Trinajstić information content (AvgIpc) is 1.68. The second-order valence-electron chi connectivity index (χ2n) is 2.30. The van der Waals surface area contributed by atoms with E-state index in [0.717, 1.165) is 5.92 Å². The van der Waals surface area contributed by atoms with Crippen LogP contribution in [0.25, 0.3) is 0 Å². The van der Waals surface area contributed by atoms with Crippen molar-refractivity contribution in [1.82, 2.24) is 0 Å². The van der Waals surface area contributed by atoms with E-state index in [-0.39, 0.29) is 18.6 Å². The van der Waals surface area contributed by atoms with Gasteiger partial charge in [0.1, 0.15) is 0 Å². The smallest absolute Gasteiger partial charge is 0.373 e. The highest BCUT2D eigenvalue weighted by Gasteiger charge is 2.00. The summed E-state index contributed by atoms with van der Waals surface area (Å²) in [4.78, 5) is 16.2. The van der Waals surface area contributed by atoms with Crippen molar-refractivity contribution < 1.29 is 27.7 Å². The molecule has 1 atom stereocenters. The Balaban J connectivity index is -0.000000107. The summed E-state index contributed by atoms with van der Waals surface area (Å²) in [6.07, 6.45) is 0.250. The highest BCUT2D eigenvalue weighted by atomic mass is 35.5. The Kier molecular flexibility index (Phi) is 18.6. The second kappa shape index (κ2) is 11.4. The van der Waals surface area contributed by atoms with Gasteiger partial charge in [-0.05, 0) is 6.92 Å². The molecule has 0 fully saturated rings. The van der Waals surface area contributed by atoms with Crippen LogP contribution < -0.4 is 18.1 Å². The summed E-state index contributed by atoms with van der Waals surface area (Å²) in [6.45, 7) is 6.49. The van der Waals surface area contributed by atoms with E-state index in [1.165, 1.54) is 0 Å². The van der Waals surface area contributed by atoms with Crippen LogP contribution in [0.1, 0.15) is 20.8 Å². The maximum atomic E-state index is 8.12. The van der Waals surface area contributed by atoms with Crippen molar-refractivity contribution in [2.45, 2.75) is 26.8 Å². The van der Waals surface area contributed by atoms with Gasteiger partial charge in [0.05, 0.1) is 6.04 Å². The molecule has 62 valence electrons. The van der Waals surface area contributed by atoms with Gasteiger partial charge < -0.3 is 18.1 Å². The van der Waals surface area contributed by atoms with Gasteiger partial charge in [-0.1, -0.05) is 13.8 Å². The first-order valence-electron chi connectivity index (χ1n) is 2.88. The lowest BCUT2D eigenvalue weighted by atomic mass is 10.1. The Hall–Kier alpha value is -0.370. The van der Waals surface area contributed by atoms with E-state index in [9.17, 15) is 0 Å². The molecule has 3 nitrogen and oxygen atoms in total. The zero-order chi connectivity index (χ0) is 7.86. The lowest BCUT2D eigenvalue weighted by Gasteiger charge is -2.02. The van der Waals surface area contributed by atoms with Crippen molar-refractivity contribution in [1.29, 1.82) is 0 Å². The summed E-state index contributed by atoms with van der Waals surface area (Å²) < 4.78 is 0. The third-order valence-electron chi connectivity index (χ3n) is 1.14. The van der Waals surface area contributed by atoms with Crippen molar-refractivity contribution >= 4 is 6.15 Å². The molecule has 0 aliphatic rings. The highest BCUT2D eigenvalue weighted by molar-refractivity contribution is 5.20. The fraction of sp³-hybridized carbons (Fsp3) is 0.833. The molecule has 0 aromatic carbocycles. The number of rotatable bonds is 1. The quantitative estimate of drug-likeness (QED) is 0.445. The fourth-order valence-corrected chi connectivity index (χ4v) is 0.